The molecule has 9 heteroatoms. The van der Waals surface area contributed by atoms with Crippen molar-refractivity contribution in [2.75, 3.05) is 46.2 Å². The number of carbonyl (C=O) groups excluding carboxylic acids is 2. The lowest BCUT2D eigenvalue weighted by molar-refractivity contribution is -0.200. The predicted molar refractivity (Wildman–Crippen MR) is 88.1 cm³/mol. The molecule has 144 valence electrons. The number of ether oxygens (including phenoxy) is 5. The second-order valence-corrected chi connectivity index (χ2v) is 5.34. The van der Waals surface area contributed by atoms with Crippen LogP contribution in [0.2, 0.25) is 0 Å². The molecule has 3 atom stereocenters. The van der Waals surface area contributed by atoms with Crippen LogP contribution in [-0.4, -0.2) is 76.5 Å². The number of carbonyl (C=O) groups is 2. The average Bonchev–Trinajstić information content (AvgIpc) is 2.56. The molecule has 0 saturated carbocycles. The maximum Gasteiger partial charge on any atom is 0.302 e. The van der Waals surface area contributed by atoms with Crippen LogP contribution in [0.4, 0.5) is 0 Å². The number of rotatable bonds is 12. The molecule has 0 aromatic heterocycles. The summed E-state index contributed by atoms with van der Waals surface area (Å²) >= 11 is 0. The molecule has 0 spiro atoms. The third kappa shape index (κ3) is 10.4. The monoisotopic (exact) mass is 360 g/mol. The first-order valence-corrected chi connectivity index (χ1v) is 8.24. The molecule has 0 bridgehead atoms. The van der Waals surface area contributed by atoms with Gasteiger partial charge in [0.25, 0.3) is 0 Å². The van der Waals surface area contributed by atoms with Crippen LogP contribution >= 0.6 is 0 Å². The van der Waals surface area contributed by atoms with Crippen LogP contribution in [0.5, 0.6) is 0 Å². The number of nitrogens with two attached hydrogens (primary N) is 1. The number of amides is 1. The molecule has 9 nitrogen and oxygen atoms in total. The van der Waals surface area contributed by atoms with Crippen LogP contribution in [0.25, 0.3) is 0 Å². The van der Waals surface area contributed by atoms with Crippen LogP contribution in [-0.2, 0) is 33.3 Å². The van der Waals surface area contributed by atoms with Gasteiger partial charge in [-0.15, -0.1) is 0 Å². The zero-order valence-corrected chi connectivity index (χ0v) is 14.8. The third-order valence-electron chi connectivity index (χ3n) is 3.10. The van der Waals surface area contributed by atoms with E-state index >= 15 is 0 Å². The van der Waals surface area contributed by atoms with Crippen molar-refractivity contribution in [3.8, 4) is 0 Å². The highest BCUT2D eigenvalue weighted by molar-refractivity contribution is 5.73. The first kappa shape index (κ1) is 21.8. The largest absolute Gasteiger partial charge is 0.463 e. The smallest absolute Gasteiger partial charge is 0.302 e. The van der Waals surface area contributed by atoms with Gasteiger partial charge >= 0.3 is 5.97 Å². The second kappa shape index (κ2) is 13.0. The van der Waals surface area contributed by atoms with Crippen molar-refractivity contribution in [2.45, 2.75) is 32.3 Å². The van der Waals surface area contributed by atoms with Crippen molar-refractivity contribution >= 4 is 11.9 Å². The lowest BCUT2D eigenvalue weighted by Crippen LogP contribution is -2.51. The number of esters is 1. The Bertz CT molecular complexity index is 395. The fourth-order valence-corrected chi connectivity index (χ4v) is 2.05. The Kier molecular flexibility index (Phi) is 11.3. The van der Waals surface area contributed by atoms with Gasteiger partial charge < -0.3 is 34.7 Å². The van der Waals surface area contributed by atoms with E-state index in [1.165, 1.54) is 13.8 Å². The van der Waals surface area contributed by atoms with Crippen LogP contribution in [0.1, 0.15) is 13.8 Å². The summed E-state index contributed by atoms with van der Waals surface area (Å²) in [6, 6.07) is -0.418. The van der Waals surface area contributed by atoms with Gasteiger partial charge in [-0.2, -0.15) is 0 Å². The molecule has 0 aromatic rings. The van der Waals surface area contributed by atoms with Crippen LogP contribution in [0.3, 0.4) is 0 Å². The van der Waals surface area contributed by atoms with Crippen molar-refractivity contribution in [1.82, 2.24) is 5.32 Å². The maximum absolute atomic E-state index is 11.3. The zero-order chi connectivity index (χ0) is 18.5. The van der Waals surface area contributed by atoms with E-state index in [0.29, 0.717) is 33.0 Å². The summed E-state index contributed by atoms with van der Waals surface area (Å²) in [4.78, 5) is 22.2. The van der Waals surface area contributed by atoms with E-state index < -0.39 is 18.4 Å². The lowest BCUT2D eigenvalue weighted by atomic mass is 10.0. The SMILES string of the molecule is CC(=O)N[C@@H]1[CH][CH][C@H](COC(C)=O)O[C@H]1OCCOCCOCCN. The van der Waals surface area contributed by atoms with Gasteiger partial charge in [-0.1, -0.05) is 0 Å². The first-order chi connectivity index (χ1) is 12.0. The molecule has 1 amide bonds. The van der Waals surface area contributed by atoms with E-state index in [9.17, 15) is 9.59 Å². The minimum Gasteiger partial charge on any atom is -0.463 e. The van der Waals surface area contributed by atoms with Gasteiger partial charge in [0.15, 0.2) is 6.29 Å². The van der Waals surface area contributed by atoms with Gasteiger partial charge in [0.1, 0.15) is 6.61 Å². The molecule has 1 rings (SSSR count). The zero-order valence-electron chi connectivity index (χ0n) is 14.8. The summed E-state index contributed by atoms with van der Waals surface area (Å²) in [7, 11) is 0. The highest BCUT2D eigenvalue weighted by atomic mass is 16.7. The second-order valence-electron chi connectivity index (χ2n) is 5.34. The molecule has 1 saturated heterocycles. The molecule has 1 aliphatic rings. The molecule has 3 N–H and O–H groups in total. The van der Waals surface area contributed by atoms with Crippen LogP contribution in [0.15, 0.2) is 0 Å². The van der Waals surface area contributed by atoms with Crippen molar-refractivity contribution in [2.24, 2.45) is 5.73 Å². The third-order valence-corrected chi connectivity index (χ3v) is 3.10. The van der Waals surface area contributed by atoms with Gasteiger partial charge in [-0.25, -0.2) is 0 Å². The minimum atomic E-state index is -0.688. The average molecular weight is 360 g/mol. The van der Waals surface area contributed by atoms with Gasteiger partial charge in [-0.3, -0.25) is 9.59 Å². The van der Waals surface area contributed by atoms with E-state index in [0.717, 1.165) is 0 Å². The van der Waals surface area contributed by atoms with Crippen molar-refractivity contribution in [1.29, 1.82) is 0 Å². The molecule has 1 aliphatic heterocycles. The number of hydrogen-bond donors (Lipinski definition) is 2. The predicted octanol–water partition coefficient (Wildman–Crippen LogP) is -0.804. The Hall–Kier alpha value is -1.26. The fraction of sp³-hybridized carbons (Fsp3) is 0.750. The highest BCUT2D eigenvalue weighted by Crippen LogP contribution is 2.19. The van der Waals surface area contributed by atoms with Crippen LogP contribution < -0.4 is 11.1 Å². The van der Waals surface area contributed by atoms with Crippen molar-refractivity contribution in [3.63, 3.8) is 0 Å². The van der Waals surface area contributed by atoms with E-state index in [4.69, 9.17) is 29.4 Å². The highest BCUT2D eigenvalue weighted by Gasteiger charge is 2.33. The molecule has 0 unspecified atom stereocenters. The van der Waals surface area contributed by atoms with E-state index in [1.54, 1.807) is 12.8 Å². The van der Waals surface area contributed by atoms with Crippen molar-refractivity contribution in [3.05, 3.63) is 12.8 Å². The molecule has 0 aliphatic carbocycles. The molecule has 1 heterocycles. The summed E-state index contributed by atoms with van der Waals surface area (Å²) in [6.07, 6.45) is 2.39. The van der Waals surface area contributed by atoms with Crippen LogP contribution in [0, 0.1) is 12.8 Å². The van der Waals surface area contributed by atoms with E-state index in [-0.39, 0.29) is 25.1 Å². The summed E-state index contributed by atoms with van der Waals surface area (Å²) in [6.45, 7) is 5.38. The molecule has 0 aromatic carbocycles. The molecular formula is C16H28N2O7. The summed E-state index contributed by atoms with van der Waals surface area (Å²) in [5, 5.41) is 2.74. The van der Waals surface area contributed by atoms with Gasteiger partial charge in [0, 0.05) is 20.4 Å². The fourth-order valence-electron chi connectivity index (χ4n) is 2.05. The standard InChI is InChI=1S/C16H28N2O7/c1-12(19)18-15-4-3-14(11-24-13(2)20)25-16(15)23-10-9-22-8-7-21-6-5-17/h3-4,14-16H,5-11,17H2,1-2H3,(H,18,19)/t14-,15-,16-/m1/s1. The molecule has 1 fully saturated rings. The van der Waals surface area contributed by atoms with Gasteiger partial charge in [0.2, 0.25) is 5.91 Å². The normalized spacial score (nSPS) is 23.2. The Morgan fingerprint density at radius 3 is 2.40 bits per heavy atom. The number of hydrogen-bond acceptors (Lipinski definition) is 8. The van der Waals surface area contributed by atoms with E-state index in [1.807, 2.05) is 0 Å². The minimum absolute atomic E-state index is 0.0907. The van der Waals surface area contributed by atoms with Gasteiger partial charge in [0.05, 0.1) is 45.2 Å². The summed E-state index contributed by atoms with van der Waals surface area (Å²) < 4.78 is 26.9. The Morgan fingerprint density at radius 1 is 1.08 bits per heavy atom. The first-order valence-electron chi connectivity index (χ1n) is 8.24. The Morgan fingerprint density at radius 2 is 1.76 bits per heavy atom. The number of nitrogens with one attached hydrogen (secondary N) is 1. The summed E-state index contributed by atoms with van der Waals surface area (Å²) in [5.41, 5.74) is 5.31. The molecule has 2 radical (unpaired) electrons. The van der Waals surface area contributed by atoms with Crippen molar-refractivity contribution < 1.29 is 33.3 Å². The lowest BCUT2D eigenvalue weighted by Gasteiger charge is -2.35. The Labute approximate surface area is 148 Å². The molecular weight excluding hydrogens is 332 g/mol. The molecule has 25 heavy (non-hydrogen) atoms. The van der Waals surface area contributed by atoms with Gasteiger partial charge in [-0.05, 0) is 12.8 Å². The quantitative estimate of drug-likeness (QED) is 0.343. The maximum atomic E-state index is 11.3. The Balaban J connectivity index is 2.30. The van der Waals surface area contributed by atoms with E-state index in [2.05, 4.69) is 5.32 Å². The topological polar surface area (TPSA) is 118 Å². The summed E-state index contributed by atoms with van der Waals surface area (Å²) in [5.74, 6) is -0.581.